The molecule has 3 heterocycles. The van der Waals surface area contributed by atoms with E-state index in [1.807, 2.05) is 6.08 Å². The third-order valence-electron chi connectivity index (χ3n) is 2.95. The lowest BCUT2D eigenvalue weighted by Crippen LogP contribution is -2.25. The predicted molar refractivity (Wildman–Crippen MR) is 62.3 cm³/mol. The Bertz CT molecular complexity index is 590. The van der Waals surface area contributed by atoms with Crippen LogP contribution in [0.5, 0.6) is 0 Å². The second-order valence-corrected chi connectivity index (χ2v) is 4.00. The van der Waals surface area contributed by atoms with Crippen LogP contribution < -0.4 is 4.90 Å². The Morgan fingerprint density at radius 3 is 3.12 bits per heavy atom. The molecule has 0 aliphatic carbocycles. The van der Waals surface area contributed by atoms with Gasteiger partial charge in [-0.1, -0.05) is 6.08 Å². The highest BCUT2D eigenvalue weighted by molar-refractivity contribution is 6.00. The first-order valence-electron chi connectivity index (χ1n) is 5.36. The van der Waals surface area contributed by atoms with E-state index in [0.29, 0.717) is 29.9 Å². The Balaban J connectivity index is 2.07. The molecule has 0 radical (unpaired) electrons. The van der Waals surface area contributed by atoms with Crippen molar-refractivity contribution in [3.63, 3.8) is 0 Å². The van der Waals surface area contributed by atoms with E-state index in [2.05, 4.69) is 26.5 Å². The Morgan fingerprint density at radius 2 is 2.35 bits per heavy atom. The minimum absolute atomic E-state index is 0.0597. The van der Waals surface area contributed by atoms with Crippen LogP contribution in [0.15, 0.2) is 25.3 Å². The van der Waals surface area contributed by atoms with E-state index >= 15 is 0 Å². The molecule has 2 aromatic heterocycles. The number of aromatic amines is 1. The summed E-state index contributed by atoms with van der Waals surface area (Å²) in [6, 6.07) is 0. The summed E-state index contributed by atoms with van der Waals surface area (Å²) < 4.78 is 0. The van der Waals surface area contributed by atoms with Crippen LogP contribution in [0.25, 0.3) is 11.2 Å². The zero-order chi connectivity index (χ0) is 11.8. The van der Waals surface area contributed by atoms with Crippen molar-refractivity contribution in [1.29, 1.82) is 0 Å². The minimum atomic E-state index is 0.0597. The third-order valence-corrected chi connectivity index (χ3v) is 2.95. The average Bonchev–Trinajstić information content (AvgIpc) is 2.94. The number of H-pyrrole nitrogens is 1. The fourth-order valence-electron chi connectivity index (χ4n) is 2.05. The van der Waals surface area contributed by atoms with Gasteiger partial charge in [-0.05, 0) is 0 Å². The van der Waals surface area contributed by atoms with E-state index in [9.17, 15) is 4.79 Å². The Hall–Kier alpha value is -2.24. The largest absolute Gasteiger partial charge is 0.340 e. The van der Waals surface area contributed by atoms with E-state index in [1.165, 1.54) is 6.33 Å². The number of fused-ring (bicyclic) bond motifs is 1. The summed E-state index contributed by atoms with van der Waals surface area (Å²) in [5, 5.41) is 0. The summed E-state index contributed by atoms with van der Waals surface area (Å²) in [6.07, 6.45) is 5.27. The molecule has 1 aliphatic heterocycles. The molecule has 6 heteroatoms. The highest BCUT2D eigenvalue weighted by Crippen LogP contribution is 2.27. The fraction of sp³-hybridized carbons (Fsp3) is 0.273. The molecule has 1 amide bonds. The predicted octanol–water partition coefficient (Wildman–Crippen LogP) is 0.892. The summed E-state index contributed by atoms with van der Waals surface area (Å²) >= 11 is 0. The number of amides is 1. The first-order valence-corrected chi connectivity index (χ1v) is 5.36. The number of hydrogen-bond acceptors (Lipinski definition) is 4. The molecule has 6 nitrogen and oxygen atoms in total. The molecule has 0 aromatic carbocycles. The number of nitrogens with zero attached hydrogens (tertiary/aromatic N) is 4. The molecule has 1 unspecified atom stereocenters. The van der Waals surface area contributed by atoms with Crippen molar-refractivity contribution in [3.05, 3.63) is 25.3 Å². The Kier molecular flexibility index (Phi) is 2.14. The van der Waals surface area contributed by atoms with Crippen molar-refractivity contribution in [2.45, 2.75) is 6.42 Å². The number of carbonyl (C=O) groups is 1. The number of nitrogens with one attached hydrogen (secondary N) is 1. The summed E-state index contributed by atoms with van der Waals surface area (Å²) in [5.74, 6) is 0.849. The maximum Gasteiger partial charge on any atom is 0.228 e. The molecule has 3 rings (SSSR count). The lowest BCUT2D eigenvalue weighted by Gasteiger charge is -2.14. The van der Waals surface area contributed by atoms with Gasteiger partial charge in [0.15, 0.2) is 11.5 Å². The molecule has 1 saturated heterocycles. The highest BCUT2D eigenvalue weighted by atomic mass is 16.2. The zero-order valence-electron chi connectivity index (χ0n) is 9.13. The molecule has 1 fully saturated rings. The summed E-state index contributed by atoms with van der Waals surface area (Å²) in [7, 11) is 0. The van der Waals surface area contributed by atoms with Crippen molar-refractivity contribution in [2.24, 2.45) is 5.92 Å². The van der Waals surface area contributed by atoms with Crippen molar-refractivity contribution in [2.75, 3.05) is 11.4 Å². The first-order chi connectivity index (χ1) is 8.29. The highest BCUT2D eigenvalue weighted by Gasteiger charge is 2.31. The number of anilines is 1. The molecule has 0 saturated carbocycles. The topological polar surface area (TPSA) is 74.8 Å². The van der Waals surface area contributed by atoms with Crippen LogP contribution in [-0.2, 0) is 4.79 Å². The molecule has 0 spiro atoms. The molecule has 17 heavy (non-hydrogen) atoms. The smallest absolute Gasteiger partial charge is 0.228 e. The molecule has 86 valence electrons. The van der Waals surface area contributed by atoms with Crippen molar-refractivity contribution in [1.82, 2.24) is 19.9 Å². The average molecular weight is 229 g/mol. The lowest BCUT2D eigenvalue weighted by molar-refractivity contribution is -0.117. The van der Waals surface area contributed by atoms with E-state index in [-0.39, 0.29) is 11.8 Å². The monoisotopic (exact) mass is 229 g/mol. The number of hydrogen-bond donors (Lipinski definition) is 1. The van der Waals surface area contributed by atoms with Crippen LogP contribution in [0.1, 0.15) is 6.42 Å². The fourth-order valence-corrected chi connectivity index (χ4v) is 2.05. The maximum absolute atomic E-state index is 11.9. The normalized spacial score (nSPS) is 20.1. The number of rotatable bonds is 2. The van der Waals surface area contributed by atoms with E-state index < -0.39 is 0 Å². The number of imidazole rings is 1. The zero-order valence-corrected chi connectivity index (χ0v) is 9.13. The van der Waals surface area contributed by atoms with Gasteiger partial charge in [-0.25, -0.2) is 15.0 Å². The van der Waals surface area contributed by atoms with Gasteiger partial charge in [0.1, 0.15) is 11.8 Å². The van der Waals surface area contributed by atoms with Gasteiger partial charge in [-0.15, -0.1) is 6.58 Å². The van der Waals surface area contributed by atoms with Crippen LogP contribution in [0.2, 0.25) is 0 Å². The van der Waals surface area contributed by atoms with Gasteiger partial charge in [-0.2, -0.15) is 0 Å². The minimum Gasteiger partial charge on any atom is -0.340 e. The number of aromatic nitrogens is 4. The summed E-state index contributed by atoms with van der Waals surface area (Å²) in [4.78, 5) is 28.8. The van der Waals surface area contributed by atoms with E-state index in [1.54, 1.807) is 11.2 Å². The van der Waals surface area contributed by atoms with Gasteiger partial charge >= 0.3 is 0 Å². The van der Waals surface area contributed by atoms with E-state index in [0.717, 1.165) is 0 Å². The van der Waals surface area contributed by atoms with Gasteiger partial charge in [0.2, 0.25) is 5.91 Å². The Morgan fingerprint density at radius 1 is 1.47 bits per heavy atom. The van der Waals surface area contributed by atoms with Gasteiger partial charge in [0.05, 0.1) is 6.33 Å². The van der Waals surface area contributed by atoms with Crippen molar-refractivity contribution in [3.8, 4) is 0 Å². The van der Waals surface area contributed by atoms with Crippen LogP contribution in [-0.4, -0.2) is 32.4 Å². The molecule has 1 aliphatic rings. The van der Waals surface area contributed by atoms with Crippen LogP contribution in [0, 0.1) is 5.92 Å². The maximum atomic E-state index is 11.9. The standard InChI is InChI=1S/C11H11N5O/c1-2-7-3-8(17)16(4-7)11-9-10(13-5-12-9)14-6-15-11/h2,5-7H,1,3-4H2,(H,12,13,14,15). The quantitative estimate of drug-likeness (QED) is 0.776. The molecular formula is C11H11N5O. The SMILES string of the molecule is C=CC1CC(=O)N(c2ncnc3nc[nH]c23)C1. The van der Waals surface area contributed by atoms with Crippen molar-refractivity contribution >= 4 is 22.9 Å². The Labute approximate surface area is 97.4 Å². The third kappa shape index (κ3) is 1.49. The van der Waals surface area contributed by atoms with Crippen LogP contribution >= 0.6 is 0 Å². The lowest BCUT2D eigenvalue weighted by atomic mass is 10.1. The number of carbonyl (C=O) groups excluding carboxylic acids is 1. The van der Waals surface area contributed by atoms with Crippen LogP contribution in [0.4, 0.5) is 5.82 Å². The van der Waals surface area contributed by atoms with Gasteiger partial charge in [-0.3, -0.25) is 9.69 Å². The summed E-state index contributed by atoms with van der Waals surface area (Å²) in [6.45, 7) is 4.34. The second-order valence-electron chi connectivity index (χ2n) is 4.00. The second kappa shape index (κ2) is 3.65. The molecule has 0 bridgehead atoms. The molecular weight excluding hydrogens is 218 g/mol. The summed E-state index contributed by atoms with van der Waals surface area (Å²) in [5.41, 5.74) is 1.27. The van der Waals surface area contributed by atoms with Gasteiger partial charge < -0.3 is 4.98 Å². The van der Waals surface area contributed by atoms with E-state index in [4.69, 9.17) is 0 Å². The molecule has 2 aromatic rings. The van der Waals surface area contributed by atoms with Gasteiger partial charge in [0, 0.05) is 18.9 Å². The van der Waals surface area contributed by atoms with Crippen LogP contribution in [0.3, 0.4) is 0 Å². The molecule has 1 atom stereocenters. The van der Waals surface area contributed by atoms with Crippen molar-refractivity contribution < 1.29 is 4.79 Å². The first kappa shape index (κ1) is 9.95. The van der Waals surface area contributed by atoms with Gasteiger partial charge in [0.25, 0.3) is 0 Å². The molecule has 1 N–H and O–H groups in total.